The van der Waals surface area contributed by atoms with Crippen molar-refractivity contribution in [2.75, 3.05) is 0 Å². The molecule has 2 nitrogen and oxygen atoms in total. The Hall–Kier alpha value is -2.57. The number of hydrogen-bond acceptors (Lipinski definition) is 1. The Bertz CT molecular complexity index is 631. The van der Waals surface area contributed by atoms with Crippen molar-refractivity contribution >= 4 is 11.5 Å². The van der Waals surface area contributed by atoms with E-state index in [2.05, 4.69) is 17.9 Å². The van der Waals surface area contributed by atoms with Crippen LogP contribution in [0.5, 0.6) is 0 Å². The SMILES string of the molecule is CC(=C=CC(=O)O)c1ccc(-c2ccccc2)cc1. The summed E-state index contributed by atoms with van der Waals surface area (Å²) in [4.78, 5) is 10.4. The molecule has 0 fully saturated rings. The zero-order valence-electron chi connectivity index (χ0n) is 10.6. The van der Waals surface area contributed by atoms with Gasteiger partial charge in [0.1, 0.15) is 0 Å². The van der Waals surface area contributed by atoms with Gasteiger partial charge < -0.3 is 5.11 Å². The lowest BCUT2D eigenvalue weighted by molar-refractivity contribution is -0.131. The van der Waals surface area contributed by atoms with E-state index >= 15 is 0 Å². The van der Waals surface area contributed by atoms with Crippen molar-refractivity contribution in [3.8, 4) is 11.1 Å². The van der Waals surface area contributed by atoms with Gasteiger partial charge in [0.15, 0.2) is 0 Å². The Morgan fingerprint density at radius 2 is 1.58 bits per heavy atom. The molecule has 0 amide bonds. The Kier molecular flexibility index (Phi) is 3.97. The third-order valence-corrected chi connectivity index (χ3v) is 2.84. The number of carbonyl (C=O) groups is 1. The van der Waals surface area contributed by atoms with Crippen LogP contribution in [0.15, 0.2) is 66.4 Å². The van der Waals surface area contributed by atoms with Gasteiger partial charge in [0.2, 0.25) is 0 Å². The number of benzene rings is 2. The van der Waals surface area contributed by atoms with Gasteiger partial charge in [-0.3, -0.25) is 0 Å². The first-order valence-electron chi connectivity index (χ1n) is 5.99. The molecule has 2 heteroatoms. The zero-order valence-corrected chi connectivity index (χ0v) is 10.6. The zero-order chi connectivity index (χ0) is 13.7. The fourth-order valence-corrected chi connectivity index (χ4v) is 1.80. The molecule has 0 aromatic heterocycles. The van der Waals surface area contributed by atoms with Crippen LogP contribution >= 0.6 is 0 Å². The molecule has 0 saturated carbocycles. The lowest BCUT2D eigenvalue weighted by Crippen LogP contribution is -1.85. The summed E-state index contributed by atoms with van der Waals surface area (Å²) >= 11 is 0. The number of carboxylic acids is 1. The standard InChI is InChI=1S/C17H14O2/c1-13(7-12-17(18)19)14-8-10-16(11-9-14)15-5-3-2-4-6-15/h2-6,8-12H,1H3,(H,18,19). The number of carboxylic acid groups (broad SMARTS) is 1. The minimum absolute atomic E-state index is 0.807. The normalized spacial score (nSPS) is 9.53. The molecule has 0 bridgehead atoms. The molecule has 0 spiro atoms. The molecule has 2 aromatic carbocycles. The van der Waals surface area contributed by atoms with E-state index < -0.39 is 5.97 Å². The summed E-state index contributed by atoms with van der Waals surface area (Å²) in [5.41, 5.74) is 6.83. The molecule has 0 heterocycles. The fourth-order valence-electron chi connectivity index (χ4n) is 1.80. The molecule has 0 radical (unpaired) electrons. The molecule has 2 aromatic rings. The Morgan fingerprint density at radius 1 is 1.00 bits per heavy atom. The molecule has 2 rings (SSSR count). The quantitative estimate of drug-likeness (QED) is 0.660. The Balaban J connectivity index is 2.29. The van der Waals surface area contributed by atoms with Gasteiger partial charge in [-0.1, -0.05) is 54.6 Å². The van der Waals surface area contributed by atoms with Crippen LogP contribution in [-0.4, -0.2) is 11.1 Å². The van der Waals surface area contributed by atoms with Crippen molar-refractivity contribution in [2.24, 2.45) is 0 Å². The predicted molar refractivity (Wildman–Crippen MR) is 76.7 cm³/mol. The second-order valence-corrected chi connectivity index (χ2v) is 4.20. The van der Waals surface area contributed by atoms with Crippen molar-refractivity contribution < 1.29 is 9.90 Å². The summed E-state index contributed by atoms with van der Waals surface area (Å²) in [5.74, 6) is -0.986. The molecule has 0 aliphatic carbocycles. The second-order valence-electron chi connectivity index (χ2n) is 4.20. The second kappa shape index (κ2) is 5.85. The molecule has 1 N–H and O–H groups in total. The van der Waals surface area contributed by atoms with Gasteiger partial charge in [0.25, 0.3) is 0 Å². The van der Waals surface area contributed by atoms with E-state index in [4.69, 9.17) is 5.11 Å². The number of rotatable bonds is 3. The summed E-state index contributed by atoms with van der Waals surface area (Å²) in [6.07, 6.45) is 1.03. The van der Waals surface area contributed by atoms with Crippen LogP contribution in [0.4, 0.5) is 0 Å². The first-order chi connectivity index (χ1) is 9.16. The summed E-state index contributed by atoms with van der Waals surface area (Å²) in [6.45, 7) is 1.84. The van der Waals surface area contributed by atoms with E-state index in [-0.39, 0.29) is 0 Å². The lowest BCUT2D eigenvalue weighted by Gasteiger charge is -2.03. The highest BCUT2D eigenvalue weighted by atomic mass is 16.4. The molecular weight excluding hydrogens is 236 g/mol. The van der Waals surface area contributed by atoms with Gasteiger partial charge in [-0.05, 0) is 29.2 Å². The third-order valence-electron chi connectivity index (χ3n) is 2.84. The van der Waals surface area contributed by atoms with Crippen molar-refractivity contribution in [3.63, 3.8) is 0 Å². The Morgan fingerprint density at radius 3 is 2.16 bits per heavy atom. The minimum atomic E-state index is -0.986. The highest BCUT2D eigenvalue weighted by Gasteiger charge is 1.98. The van der Waals surface area contributed by atoms with Crippen molar-refractivity contribution in [1.29, 1.82) is 0 Å². The van der Waals surface area contributed by atoms with E-state index in [9.17, 15) is 4.79 Å². The monoisotopic (exact) mass is 250 g/mol. The predicted octanol–water partition coefficient (Wildman–Crippen LogP) is 4.00. The molecule has 0 atom stereocenters. The maximum atomic E-state index is 10.4. The Labute approximate surface area is 112 Å². The van der Waals surface area contributed by atoms with E-state index in [0.29, 0.717) is 0 Å². The molecular formula is C17H14O2. The fraction of sp³-hybridized carbons (Fsp3) is 0.0588. The first kappa shape index (κ1) is 12.9. The van der Waals surface area contributed by atoms with Gasteiger partial charge in [-0.2, -0.15) is 0 Å². The van der Waals surface area contributed by atoms with Crippen LogP contribution in [-0.2, 0) is 4.79 Å². The molecule has 0 aliphatic rings. The topological polar surface area (TPSA) is 37.3 Å². The van der Waals surface area contributed by atoms with Crippen LogP contribution in [0.2, 0.25) is 0 Å². The van der Waals surface area contributed by atoms with Crippen molar-refractivity contribution in [2.45, 2.75) is 6.92 Å². The highest BCUT2D eigenvalue weighted by Crippen LogP contribution is 2.21. The van der Waals surface area contributed by atoms with Gasteiger partial charge in [0, 0.05) is 0 Å². The average Bonchev–Trinajstić information content (AvgIpc) is 2.46. The molecule has 0 unspecified atom stereocenters. The molecule has 19 heavy (non-hydrogen) atoms. The van der Waals surface area contributed by atoms with Gasteiger partial charge in [-0.25, -0.2) is 4.79 Å². The van der Waals surface area contributed by atoms with Crippen LogP contribution in [0, 0.1) is 0 Å². The lowest BCUT2D eigenvalue weighted by atomic mass is 10.0. The average molecular weight is 250 g/mol. The first-order valence-corrected chi connectivity index (χ1v) is 5.99. The van der Waals surface area contributed by atoms with Crippen LogP contribution in [0.1, 0.15) is 12.5 Å². The van der Waals surface area contributed by atoms with E-state index in [1.807, 2.05) is 49.4 Å². The van der Waals surface area contributed by atoms with E-state index in [1.54, 1.807) is 0 Å². The van der Waals surface area contributed by atoms with Crippen molar-refractivity contribution in [3.05, 3.63) is 72.0 Å². The highest BCUT2D eigenvalue weighted by molar-refractivity contribution is 5.81. The van der Waals surface area contributed by atoms with Crippen molar-refractivity contribution in [1.82, 2.24) is 0 Å². The number of aliphatic carboxylic acids is 1. The largest absolute Gasteiger partial charge is 0.478 e. The minimum Gasteiger partial charge on any atom is -0.478 e. The third kappa shape index (κ3) is 3.44. The molecule has 0 saturated heterocycles. The smallest absolute Gasteiger partial charge is 0.336 e. The maximum absolute atomic E-state index is 10.4. The summed E-state index contributed by atoms with van der Waals surface area (Å²) in [7, 11) is 0. The maximum Gasteiger partial charge on any atom is 0.336 e. The van der Waals surface area contributed by atoms with Gasteiger partial charge in [-0.15, -0.1) is 5.73 Å². The van der Waals surface area contributed by atoms with E-state index in [0.717, 1.165) is 28.3 Å². The molecule has 0 aliphatic heterocycles. The summed E-state index contributed by atoms with van der Waals surface area (Å²) in [6, 6.07) is 18.1. The summed E-state index contributed by atoms with van der Waals surface area (Å²) in [5, 5.41) is 8.57. The summed E-state index contributed by atoms with van der Waals surface area (Å²) < 4.78 is 0. The number of hydrogen-bond donors (Lipinski definition) is 1. The van der Waals surface area contributed by atoms with Crippen LogP contribution in [0.3, 0.4) is 0 Å². The van der Waals surface area contributed by atoms with Gasteiger partial charge >= 0.3 is 5.97 Å². The van der Waals surface area contributed by atoms with Gasteiger partial charge in [0.05, 0.1) is 6.08 Å². The molecule has 94 valence electrons. The van der Waals surface area contributed by atoms with Crippen LogP contribution < -0.4 is 0 Å². The van der Waals surface area contributed by atoms with E-state index in [1.165, 1.54) is 0 Å². The van der Waals surface area contributed by atoms with Crippen LogP contribution in [0.25, 0.3) is 16.7 Å².